The van der Waals surface area contributed by atoms with E-state index >= 15 is 0 Å². The smallest absolute Gasteiger partial charge is 0.138 e. The Morgan fingerprint density at radius 1 is 1.36 bits per heavy atom. The second-order valence-electron chi connectivity index (χ2n) is 4.05. The summed E-state index contributed by atoms with van der Waals surface area (Å²) in [5, 5.41) is 0. The highest BCUT2D eigenvalue weighted by molar-refractivity contribution is 5.84. The van der Waals surface area contributed by atoms with Crippen molar-refractivity contribution >= 4 is 5.78 Å². The molecule has 0 bridgehead atoms. The van der Waals surface area contributed by atoms with Crippen LogP contribution in [0.25, 0.3) is 0 Å². The largest absolute Gasteiger partial charge is 0.299 e. The van der Waals surface area contributed by atoms with Crippen LogP contribution in [-0.2, 0) is 4.79 Å². The summed E-state index contributed by atoms with van der Waals surface area (Å²) in [5.41, 5.74) is -0.129. The van der Waals surface area contributed by atoms with E-state index in [-0.39, 0.29) is 5.41 Å². The van der Waals surface area contributed by atoms with Gasteiger partial charge in [0.15, 0.2) is 0 Å². The van der Waals surface area contributed by atoms with E-state index in [9.17, 15) is 4.79 Å². The van der Waals surface area contributed by atoms with Crippen LogP contribution in [-0.4, -0.2) is 5.78 Å². The monoisotopic (exact) mass is 156 g/mol. The first-order chi connectivity index (χ1) is 4.92. The Bertz CT molecular complexity index is 134. The van der Waals surface area contributed by atoms with Crippen molar-refractivity contribution in [3.8, 4) is 0 Å². The molecule has 0 saturated carbocycles. The van der Waals surface area contributed by atoms with Gasteiger partial charge in [-0.25, -0.2) is 0 Å². The molecule has 0 rings (SSSR count). The second kappa shape index (κ2) is 3.89. The highest BCUT2D eigenvalue weighted by Gasteiger charge is 2.29. The lowest BCUT2D eigenvalue weighted by molar-refractivity contribution is -0.129. The molecule has 0 aliphatic carbocycles. The summed E-state index contributed by atoms with van der Waals surface area (Å²) in [4.78, 5) is 11.5. The molecule has 0 atom stereocenters. The Hall–Kier alpha value is -0.330. The second-order valence-corrected chi connectivity index (χ2v) is 4.05. The summed E-state index contributed by atoms with van der Waals surface area (Å²) >= 11 is 0. The molecule has 0 aromatic heterocycles. The van der Waals surface area contributed by atoms with Gasteiger partial charge in [0.2, 0.25) is 0 Å². The zero-order chi connectivity index (χ0) is 9.07. The minimum atomic E-state index is -0.129. The van der Waals surface area contributed by atoms with Gasteiger partial charge in [0.05, 0.1) is 0 Å². The number of hydrogen-bond acceptors (Lipinski definition) is 1. The molecule has 0 fully saturated rings. The van der Waals surface area contributed by atoms with E-state index in [1.165, 1.54) is 0 Å². The van der Waals surface area contributed by atoms with Crippen LogP contribution in [0.5, 0.6) is 0 Å². The maximum atomic E-state index is 11.5. The third-order valence-electron chi connectivity index (χ3n) is 2.64. The van der Waals surface area contributed by atoms with E-state index in [2.05, 4.69) is 13.8 Å². The molecule has 0 aromatic carbocycles. The maximum Gasteiger partial charge on any atom is 0.138 e. The van der Waals surface area contributed by atoms with Crippen molar-refractivity contribution in [1.82, 2.24) is 0 Å². The lowest BCUT2D eigenvalue weighted by Gasteiger charge is -2.27. The minimum Gasteiger partial charge on any atom is -0.299 e. The van der Waals surface area contributed by atoms with Crippen LogP contribution in [0.2, 0.25) is 0 Å². The third-order valence-corrected chi connectivity index (χ3v) is 2.64. The first-order valence-electron chi connectivity index (χ1n) is 4.46. The molecule has 0 spiro atoms. The predicted octanol–water partition coefficient (Wildman–Crippen LogP) is 3.04. The topological polar surface area (TPSA) is 17.1 Å². The average Bonchev–Trinajstić information content (AvgIpc) is 1.88. The Balaban J connectivity index is 4.18. The molecule has 0 saturated heterocycles. The van der Waals surface area contributed by atoms with Crippen molar-refractivity contribution in [2.24, 2.45) is 11.3 Å². The van der Waals surface area contributed by atoms with Crippen LogP contribution >= 0.6 is 0 Å². The molecule has 0 amide bonds. The molecule has 0 N–H and O–H groups in total. The Labute approximate surface area is 70.2 Å². The first-order valence-corrected chi connectivity index (χ1v) is 4.46. The SMILES string of the molecule is CCCC(=O)C(C)(C)C(C)C. The lowest BCUT2D eigenvalue weighted by atomic mass is 9.76. The molecule has 0 unspecified atom stereocenters. The zero-order valence-electron chi connectivity index (χ0n) is 8.40. The fourth-order valence-corrected chi connectivity index (χ4v) is 0.871. The molecule has 0 aliphatic heterocycles. The van der Waals surface area contributed by atoms with Gasteiger partial charge in [0, 0.05) is 11.8 Å². The van der Waals surface area contributed by atoms with E-state index in [1.807, 2.05) is 20.8 Å². The standard InChI is InChI=1S/C10H20O/c1-6-7-9(11)10(4,5)8(2)3/h8H,6-7H2,1-5H3. The normalized spacial score (nSPS) is 12.2. The van der Waals surface area contributed by atoms with E-state index < -0.39 is 0 Å². The van der Waals surface area contributed by atoms with Crippen LogP contribution in [0.3, 0.4) is 0 Å². The molecule has 11 heavy (non-hydrogen) atoms. The fourth-order valence-electron chi connectivity index (χ4n) is 0.871. The molecule has 1 heteroatoms. The molecule has 0 heterocycles. The van der Waals surface area contributed by atoms with Crippen molar-refractivity contribution in [1.29, 1.82) is 0 Å². The number of carbonyl (C=O) groups excluding carboxylic acids is 1. The summed E-state index contributed by atoms with van der Waals surface area (Å²) in [5.74, 6) is 0.844. The van der Waals surface area contributed by atoms with Crippen molar-refractivity contribution in [3.05, 3.63) is 0 Å². The number of rotatable bonds is 4. The van der Waals surface area contributed by atoms with Crippen LogP contribution < -0.4 is 0 Å². The van der Waals surface area contributed by atoms with Crippen molar-refractivity contribution < 1.29 is 4.79 Å². The van der Waals surface area contributed by atoms with Crippen molar-refractivity contribution in [2.75, 3.05) is 0 Å². The van der Waals surface area contributed by atoms with Gasteiger partial charge < -0.3 is 0 Å². The zero-order valence-corrected chi connectivity index (χ0v) is 8.40. The van der Waals surface area contributed by atoms with Gasteiger partial charge in [-0.1, -0.05) is 34.6 Å². The van der Waals surface area contributed by atoms with E-state index in [1.54, 1.807) is 0 Å². The van der Waals surface area contributed by atoms with E-state index in [4.69, 9.17) is 0 Å². The van der Waals surface area contributed by atoms with Crippen LogP contribution in [0.4, 0.5) is 0 Å². The Morgan fingerprint density at radius 3 is 2.09 bits per heavy atom. The van der Waals surface area contributed by atoms with Crippen molar-refractivity contribution in [3.63, 3.8) is 0 Å². The fraction of sp³-hybridized carbons (Fsp3) is 0.900. The number of Topliss-reactive ketones (excluding diaryl/α,β-unsaturated/α-hetero) is 1. The number of ketones is 1. The molecule has 1 nitrogen and oxygen atoms in total. The van der Waals surface area contributed by atoms with Gasteiger partial charge in [-0.2, -0.15) is 0 Å². The van der Waals surface area contributed by atoms with Crippen LogP contribution in [0, 0.1) is 11.3 Å². The van der Waals surface area contributed by atoms with Gasteiger partial charge >= 0.3 is 0 Å². The first kappa shape index (κ1) is 10.7. The highest BCUT2D eigenvalue weighted by atomic mass is 16.1. The van der Waals surface area contributed by atoms with Crippen LogP contribution in [0.1, 0.15) is 47.5 Å². The van der Waals surface area contributed by atoms with Crippen molar-refractivity contribution in [2.45, 2.75) is 47.5 Å². The summed E-state index contributed by atoms with van der Waals surface area (Å²) in [6.45, 7) is 10.3. The molecule has 66 valence electrons. The number of carbonyl (C=O) groups is 1. The van der Waals surface area contributed by atoms with E-state index in [0.717, 1.165) is 12.8 Å². The summed E-state index contributed by atoms with van der Waals surface area (Å²) in [6.07, 6.45) is 1.69. The summed E-state index contributed by atoms with van der Waals surface area (Å²) < 4.78 is 0. The minimum absolute atomic E-state index is 0.129. The molecule has 0 aromatic rings. The van der Waals surface area contributed by atoms with Gasteiger partial charge in [-0.3, -0.25) is 4.79 Å². The predicted molar refractivity (Wildman–Crippen MR) is 48.5 cm³/mol. The van der Waals surface area contributed by atoms with Gasteiger partial charge in [0.25, 0.3) is 0 Å². The molecule has 0 radical (unpaired) electrons. The van der Waals surface area contributed by atoms with Gasteiger partial charge in [0.1, 0.15) is 5.78 Å². The third kappa shape index (κ3) is 2.64. The Kier molecular flexibility index (Phi) is 3.77. The van der Waals surface area contributed by atoms with Gasteiger partial charge in [-0.15, -0.1) is 0 Å². The van der Waals surface area contributed by atoms with Gasteiger partial charge in [-0.05, 0) is 12.3 Å². The molecule has 0 aliphatic rings. The lowest BCUT2D eigenvalue weighted by Crippen LogP contribution is -2.29. The summed E-state index contributed by atoms with van der Waals surface area (Å²) in [6, 6.07) is 0. The van der Waals surface area contributed by atoms with Crippen LogP contribution in [0.15, 0.2) is 0 Å². The highest BCUT2D eigenvalue weighted by Crippen LogP contribution is 2.28. The number of hydrogen-bond donors (Lipinski definition) is 0. The Morgan fingerprint density at radius 2 is 1.82 bits per heavy atom. The van der Waals surface area contributed by atoms with E-state index in [0.29, 0.717) is 11.7 Å². The molecular formula is C10H20O. The molecular weight excluding hydrogens is 136 g/mol. The summed E-state index contributed by atoms with van der Waals surface area (Å²) in [7, 11) is 0. The maximum absolute atomic E-state index is 11.5. The average molecular weight is 156 g/mol. The quantitative estimate of drug-likeness (QED) is 0.611.